The van der Waals surface area contributed by atoms with E-state index in [1.807, 2.05) is 0 Å². The predicted octanol–water partition coefficient (Wildman–Crippen LogP) is 5.78. The minimum absolute atomic E-state index is 0.381. The Morgan fingerprint density at radius 3 is 1.75 bits per heavy atom. The first-order valence-corrected chi connectivity index (χ1v) is 9.44. The van der Waals surface area contributed by atoms with Crippen LogP contribution in [0.3, 0.4) is 0 Å². The number of fused-ring (bicyclic) bond motifs is 2. The van der Waals surface area contributed by atoms with E-state index in [2.05, 4.69) is 58.0 Å². The third kappa shape index (κ3) is 2.79. The number of aromatic nitrogens is 1. The minimum Gasteiger partial charge on any atom is -0.257 e. The molecule has 1 nitrogen and oxygen atoms in total. The number of hydrogen-bond acceptors (Lipinski definition) is 1. The number of rotatable bonds is 1. The Labute approximate surface area is 146 Å². The summed E-state index contributed by atoms with van der Waals surface area (Å²) in [5.41, 5.74) is 9.52. The van der Waals surface area contributed by atoms with E-state index in [1.165, 1.54) is 48.2 Å². The predicted molar refractivity (Wildman–Crippen MR) is 101 cm³/mol. The lowest BCUT2D eigenvalue weighted by molar-refractivity contribution is 0.298. The van der Waals surface area contributed by atoms with Gasteiger partial charge in [-0.2, -0.15) is 0 Å². The Bertz CT molecular complexity index is 724. The summed E-state index contributed by atoms with van der Waals surface area (Å²) in [5.74, 6) is 0. The molecule has 126 valence electrons. The lowest BCUT2D eigenvalue weighted by Gasteiger charge is -2.37. The van der Waals surface area contributed by atoms with E-state index >= 15 is 0 Å². The van der Waals surface area contributed by atoms with E-state index in [1.54, 1.807) is 11.1 Å². The van der Waals surface area contributed by atoms with Gasteiger partial charge in [0.15, 0.2) is 0 Å². The molecule has 4 rings (SSSR count). The smallest absolute Gasteiger partial charge is 0.0450 e. The van der Waals surface area contributed by atoms with Crippen molar-refractivity contribution in [1.82, 2.24) is 4.98 Å². The maximum atomic E-state index is 5.23. The normalized spacial score (nSPS) is 21.0. The average Bonchev–Trinajstić information content (AvgIpc) is 2.51. The molecule has 24 heavy (non-hydrogen) atoms. The molecule has 1 heterocycles. The standard InChI is InChI=1S/C23H29N/c1-22(2)12-10-17-19(14-22)24-20-15-23(3,4)13-11-18(20)21(17)16-8-6-5-7-9-16/h5-9H,10-15H2,1-4H3. The number of nitrogens with zero attached hydrogens (tertiary/aromatic N) is 1. The molecule has 0 saturated carbocycles. The zero-order valence-electron chi connectivity index (χ0n) is 15.6. The second kappa shape index (κ2) is 5.44. The van der Waals surface area contributed by atoms with Gasteiger partial charge in [-0.25, -0.2) is 0 Å². The molecule has 1 aromatic heterocycles. The topological polar surface area (TPSA) is 12.9 Å². The number of benzene rings is 1. The largest absolute Gasteiger partial charge is 0.257 e. The van der Waals surface area contributed by atoms with Crippen LogP contribution in [0.1, 0.15) is 63.1 Å². The van der Waals surface area contributed by atoms with Crippen molar-refractivity contribution in [2.45, 2.75) is 66.2 Å². The molecule has 2 aliphatic carbocycles. The van der Waals surface area contributed by atoms with Gasteiger partial charge in [0, 0.05) is 11.4 Å². The Morgan fingerprint density at radius 2 is 1.25 bits per heavy atom. The van der Waals surface area contributed by atoms with E-state index in [0.717, 1.165) is 12.8 Å². The van der Waals surface area contributed by atoms with Crippen molar-refractivity contribution >= 4 is 0 Å². The molecule has 0 amide bonds. The molecule has 0 bridgehead atoms. The molecule has 0 radical (unpaired) electrons. The lowest BCUT2D eigenvalue weighted by atomic mass is 9.70. The molecular weight excluding hydrogens is 290 g/mol. The van der Waals surface area contributed by atoms with Gasteiger partial charge in [0.05, 0.1) is 0 Å². The van der Waals surface area contributed by atoms with Gasteiger partial charge in [0.25, 0.3) is 0 Å². The van der Waals surface area contributed by atoms with Crippen molar-refractivity contribution in [3.8, 4) is 11.1 Å². The van der Waals surface area contributed by atoms with Crippen LogP contribution in [-0.4, -0.2) is 4.98 Å². The van der Waals surface area contributed by atoms with Crippen LogP contribution < -0.4 is 0 Å². The van der Waals surface area contributed by atoms with E-state index in [4.69, 9.17) is 4.98 Å². The first kappa shape index (κ1) is 15.9. The van der Waals surface area contributed by atoms with Crippen molar-refractivity contribution in [3.63, 3.8) is 0 Å². The first-order valence-electron chi connectivity index (χ1n) is 9.44. The fourth-order valence-corrected chi connectivity index (χ4v) is 4.56. The van der Waals surface area contributed by atoms with Gasteiger partial charge in [-0.15, -0.1) is 0 Å². The van der Waals surface area contributed by atoms with Gasteiger partial charge in [-0.1, -0.05) is 58.0 Å². The van der Waals surface area contributed by atoms with Crippen LogP contribution >= 0.6 is 0 Å². The highest BCUT2D eigenvalue weighted by Gasteiger charge is 2.34. The summed E-state index contributed by atoms with van der Waals surface area (Å²) in [4.78, 5) is 5.23. The molecule has 0 unspecified atom stereocenters. The summed E-state index contributed by atoms with van der Waals surface area (Å²) in [5, 5.41) is 0. The van der Waals surface area contributed by atoms with E-state index in [9.17, 15) is 0 Å². The zero-order valence-corrected chi connectivity index (χ0v) is 15.6. The van der Waals surface area contributed by atoms with Gasteiger partial charge in [-0.3, -0.25) is 4.98 Å². The van der Waals surface area contributed by atoms with Gasteiger partial charge >= 0.3 is 0 Å². The van der Waals surface area contributed by atoms with E-state index in [0.29, 0.717) is 10.8 Å². The molecule has 0 aliphatic heterocycles. The molecule has 0 fully saturated rings. The molecular formula is C23H29N. The fourth-order valence-electron chi connectivity index (χ4n) is 4.56. The summed E-state index contributed by atoms with van der Waals surface area (Å²) in [7, 11) is 0. The van der Waals surface area contributed by atoms with Crippen LogP contribution in [0.5, 0.6) is 0 Å². The maximum Gasteiger partial charge on any atom is 0.0450 e. The quantitative estimate of drug-likeness (QED) is 0.649. The third-order valence-corrected chi connectivity index (χ3v) is 6.03. The van der Waals surface area contributed by atoms with Crippen LogP contribution in [0.25, 0.3) is 11.1 Å². The molecule has 0 saturated heterocycles. The van der Waals surface area contributed by atoms with Gasteiger partial charge in [0.1, 0.15) is 0 Å². The molecule has 0 spiro atoms. The Kier molecular flexibility index (Phi) is 3.60. The minimum atomic E-state index is 0.381. The monoisotopic (exact) mass is 319 g/mol. The fraction of sp³-hybridized carbons (Fsp3) is 0.522. The summed E-state index contributed by atoms with van der Waals surface area (Å²) in [6.07, 6.45) is 7.13. The van der Waals surface area contributed by atoms with Crippen molar-refractivity contribution < 1.29 is 0 Å². The van der Waals surface area contributed by atoms with Crippen molar-refractivity contribution in [2.24, 2.45) is 10.8 Å². The summed E-state index contributed by atoms with van der Waals surface area (Å²) in [6.45, 7) is 9.57. The van der Waals surface area contributed by atoms with Gasteiger partial charge in [0.2, 0.25) is 0 Å². The highest BCUT2D eigenvalue weighted by molar-refractivity contribution is 5.73. The van der Waals surface area contributed by atoms with Gasteiger partial charge in [-0.05, 0) is 71.6 Å². The maximum absolute atomic E-state index is 5.23. The summed E-state index contributed by atoms with van der Waals surface area (Å²) >= 11 is 0. The zero-order chi connectivity index (χ0) is 16.9. The highest BCUT2D eigenvalue weighted by Crippen LogP contribution is 2.44. The van der Waals surface area contributed by atoms with Crippen LogP contribution in [-0.2, 0) is 25.7 Å². The van der Waals surface area contributed by atoms with Crippen LogP contribution in [0.4, 0.5) is 0 Å². The second-order valence-electron chi connectivity index (χ2n) is 9.39. The third-order valence-electron chi connectivity index (χ3n) is 6.03. The second-order valence-corrected chi connectivity index (χ2v) is 9.39. The molecule has 1 aromatic carbocycles. The number of hydrogen-bond donors (Lipinski definition) is 0. The van der Waals surface area contributed by atoms with Crippen molar-refractivity contribution in [1.29, 1.82) is 0 Å². The van der Waals surface area contributed by atoms with Crippen molar-refractivity contribution in [3.05, 3.63) is 52.8 Å². The van der Waals surface area contributed by atoms with E-state index in [-0.39, 0.29) is 0 Å². The Balaban J connectivity index is 1.94. The summed E-state index contributed by atoms with van der Waals surface area (Å²) < 4.78 is 0. The molecule has 0 atom stereocenters. The highest BCUT2D eigenvalue weighted by atomic mass is 14.7. The van der Waals surface area contributed by atoms with Crippen LogP contribution in [0, 0.1) is 10.8 Å². The SMILES string of the molecule is CC1(C)CCc2c(nc3c(c2-c2ccccc2)CCC(C)(C)C3)C1. The summed E-state index contributed by atoms with van der Waals surface area (Å²) in [6, 6.07) is 11.0. The van der Waals surface area contributed by atoms with E-state index < -0.39 is 0 Å². The number of pyridine rings is 1. The molecule has 0 N–H and O–H groups in total. The molecule has 1 heteroatoms. The lowest BCUT2D eigenvalue weighted by Crippen LogP contribution is -2.29. The van der Waals surface area contributed by atoms with Crippen molar-refractivity contribution in [2.75, 3.05) is 0 Å². The average molecular weight is 319 g/mol. The van der Waals surface area contributed by atoms with Crippen LogP contribution in [0.2, 0.25) is 0 Å². The molecule has 2 aliphatic rings. The first-order chi connectivity index (χ1) is 11.3. The Hall–Kier alpha value is -1.63. The Morgan fingerprint density at radius 1 is 0.750 bits per heavy atom. The van der Waals surface area contributed by atoms with Crippen LogP contribution in [0.15, 0.2) is 30.3 Å². The molecule has 2 aromatic rings. The van der Waals surface area contributed by atoms with Gasteiger partial charge < -0.3 is 0 Å².